The number of H-pyrrole nitrogens is 1. The van der Waals surface area contributed by atoms with Gasteiger partial charge in [0, 0.05) is 17.2 Å². The van der Waals surface area contributed by atoms with Crippen LogP contribution in [0.1, 0.15) is 11.1 Å². The van der Waals surface area contributed by atoms with Crippen LogP contribution in [0.4, 0.5) is 34.5 Å². The first-order valence-corrected chi connectivity index (χ1v) is 10.5. The second kappa shape index (κ2) is 12.3. The zero-order valence-corrected chi connectivity index (χ0v) is 19.2. The third kappa shape index (κ3) is 11.2. The SMILES string of the molecule is Cc1ccc(-c2cc(-c3ccc[nH+]c3)cc(-c3ccc(C)cc3)[o+]2)cc1.F[B-](F)(F)F.F[B-](F)(F)F. The number of hydrogen-bond acceptors (Lipinski definition) is 0. The topological polar surface area (TPSA) is 25.4 Å². The Morgan fingerprint density at radius 2 is 0.944 bits per heavy atom. The number of benzene rings is 2. The summed E-state index contributed by atoms with van der Waals surface area (Å²) >= 11 is 0. The van der Waals surface area contributed by atoms with E-state index in [1.807, 2.05) is 18.5 Å². The summed E-state index contributed by atoms with van der Waals surface area (Å²) in [7, 11) is -12.0. The summed E-state index contributed by atoms with van der Waals surface area (Å²) in [6.45, 7) is 4.18. The van der Waals surface area contributed by atoms with Gasteiger partial charge in [-0.1, -0.05) is 35.4 Å². The maximum absolute atomic E-state index is 9.75. The van der Waals surface area contributed by atoms with Gasteiger partial charge in [-0.15, -0.1) is 0 Å². The van der Waals surface area contributed by atoms with Crippen molar-refractivity contribution >= 4 is 14.5 Å². The fourth-order valence-corrected chi connectivity index (χ4v) is 2.96. The van der Waals surface area contributed by atoms with Crippen LogP contribution in [0.3, 0.4) is 0 Å². The Hall–Kier alpha value is -3.69. The third-order valence-electron chi connectivity index (χ3n) is 4.51. The summed E-state index contributed by atoms with van der Waals surface area (Å²) in [6.07, 6.45) is 3.92. The van der Waals surface area contributed by atoms with Gasteiger partial charge in [0.25, 0.3) is 0 Å². The minimum atomic E-state index is -6.00. The molecule has 0 aliphatic rings. The normalized spacial score (nSPS) is 11.1. The second-order valence-electron chi connectivity index (χ2n) is 7.59. The molecule has 0 saturated heterocycles. The zero-order chi connectivity index (χ0) is 26.9. The molecule has 0 aliphatic heterocycles. The van der Waals surface area contributed by atoms with Gasteiger partial charge in [-0.3, -0.25) is 0 Å². The van der Waals surface area contributed by atoms with E-state index >= 15 is 0 Å². The summed E-state index contributed by atoms with van der Waals surface area (Å²) < 4.78 is 84.3. The van der Waals surface area contributed by atoms with E-state index in [1.54, 1.807) is 0 Å². The van der Waals surface area contributed by atoms with Gasteiger partial charge in [-0.2, -0.15) is 0 Å². The van der Waals surface area contributed by atoms with Crippen LogP contribution in [-0.4, -0.2) is 14.5 Å². The lowest BCUT2D eigenvalue weighted by Crippen LogP contribution is -2.02. The predicted octanol–water partition coefficient (Wildman–Crippen LogP) is 8.59. The number of halogens is 8. The second-order valence-corrected chi connectivity index (χ2v) is 7.59. The van der Waals surface area contributed by atoms with Crippen molar-refractivity contribution in [2.75, 3.05) is 0 Å². The van der Waals surface area contributed by atoms with E-state index in [4.69, 9.17) is 4.42 Å². The highest BCUT2D eigenvalue weighted by Gasteiger charge is 2.22. The summed E-state index contributed by atoms with van der Waals surface area (Å²) in [5.74, 6) is 1.73. The summed E-state index contributed by atoms with van der Waals surface area (Å²) in [5, 5.41) is 0. The Morgan fingerprint density at radius 1 is 0.556 bits per heavy atom. The van der Waals surface area contributed by atoms with E-state index < -0.39 is 14.5 Å². The molecule has 2 aromatic heterocycles. The molecule has 2 aromatic carbocycles. The Bertz CT molecular complexity index is 1140. The zero-order valence-electron chi connectivity index (χ0n) is 19.2. The largest absolute Gasteiger partial charge is 0.673 e. The van der Waals surface area contributed by atoms with Gasteiger partial charge < -0.3 is 34.5 Å². The molecule has 0 saturated carbocycles. The molecule has 0 amide bonds. The highest BCUT2D eigenvalue weighted by atomic mass is 19.5. The van der Waals surface area contributed by atoms with Crippen LogP contribution in [0, 0.1) is 13.8 Å². The molecule has 0 bridgehead atoms. The molecule has 0 unspecified atom stereocenters. The molecule has 2 nitrogen and oxygen atoms in total. The van der Waals surface area contributed by atoms with Crippen molar-refractivity contribution in [1.82, 2.24) is 0 Å². The number of pyridine rings is 1. The Kier molecular flexibility index (Phi) is 9.77. The number of aryl methyl sites for hydroxylation is 2. The van der Waals surface area contributed by atoms with Gasteiger partial charge in [0.2, 0.25) is 0 Å². The molecular weight excluding hydrogens is 492 g/mol. The number of aromatic amines is 1. The van der Waals surface area contributed by atoms with Crippen molar-refractivity contribution in [2.45, 2.75) is 13.8 Å². The van der Waals surface area contributed by atoms with Crippen LogP contribution in [0.25, 0.3) is 33.8 Å². The lowest BCUT2D eigenvalue weighted by Gasteiger charge is -2.01. The van der Waals surface area contributed by atoms with Crippen LogP contribution in [0.2, 0.25) is 0 Å². The van der Waals surface area contributed by atoms with Crippen LogP contribution < -0.4 is 4.98 Å². The minimum absolute atomic E-state index is 0.863. The molecule has 36 heavy (non-hydrogen) atoms. The van der Waals surface area contributed by atoms with E-state index in [9.17, 15) is 34.5 Å². The highest BCUT2D eigenvalue weighted by molar-refractivity contribution is 6.50. The summed E-state index contributed by atoms with van der Waals surface area (Å²) in [5.41, 5.74) is 6.88. The fraction of sp³-hybridized carbons (Fsp3) is 0.0833. The van der Waals surface area contributed by atoms with E-state index in [1.165, 1.54) is 11.1 Å². The number of aromatic nitrogens is 1. The van der Waals surface area contributed by atoms with Gasteiger partial charge >= 0.3 is 26.0 Å². The summed E-state index contributed by atoms with van der Waals surface area (Å²) in [6, 6.07) is 25.2. The molecule has 0 atom stereocenters. The average molecular weight is 513 g/mol. The number of rotatable bonds is 3. The van der Waals surface area contributed by atoms with E-state index in [0.717, 1.165) is 33.8 Å². The molecule has 1 N–H and O–H groups in total. The first-order chi connectivity index (χ1) is 16.7. The average Bonchev–Trinajstić information content (AvgIpc) is 2.78. The standard InChI is InChI=1S/C24H20NO.2BF4/c1-17-5-9-19(10-6-17)23-14-22(21-4-3-13-25-16-21)15-24(26-23)20-11-7-18(2)8-12-20;2*2-1(3,4)5/h3-16H,1-2H3;;/q+1;2*-1/p+1. The van der Waals surface area contributed by atoms with Crippen molar-refractivity contribution in [3.8, 4) is 33.8 Å². The van der Waals surface area contributed by atoms with Crippen molar-refractivity contribution in [3.05, 3.63) is 96.3 Å². The monoisotopic (exact) mass is 513 g/mol. The summed E-state index contributed by atoms with van der Waals surface area (Å²) in [4.78, 5) is 3.16. The van der Waals surface area contributed by atoms with E-state index in [0.29, 0.717) is 0 Å². The highest BCUT2D eigenvalue weighted by Crippen LogP contribution is 2.32. The molecule has 2 heterocycles. The molecule has 4 aromatic rings. The third-order valence-corrected chi connectivity index (χ3v) is 4.51. The van der Waals surface area contributed by atoms with Crippen LogP contribution >= 0.6 is 0 Å². The van der Waals surface area contributed by atoms with E-state index in [2.05, 4.69) is 85.6 Å². The Labute approximate surface area is 202 Å². The molecule has 4 rings (SSSR count). The van der Waals surface area contributed by atoms with Gasteiger partial charge in [0.15, 0.2) is 12.4 Å². The number of nitrogens with one attached hydrogen (secondary N) is 1. The Balaban J connectivity index is 0.000000389. The predicted molar refractivity (Wildman–Crippen MR) is 126 cm³/mol. The molecule has 190 valence electrons. The van der Waals surface area contributed by atoms with Crippen molar-refractivity contribution in [3.63, 3.8) is 0 Å². The van der Waals surface area contributed by atoms with Crippen molar-refractivity contribution < 1.29 is 43.9 Å². The first-order valence-electron chi connectivity index (χ1n) is 10.5. The lowest BCUT2D eigenvalue weighted by atomic mass is 10.0. The molecule has 0 fully saturated rings. The maximum Gasteiger partial charge on any atom is 0.673 e. The fourth-order valence-electron chi connectivity index (χ4n) is 2.96. The van der Waals surface area contributed by atoms with Gasteiger partial charge in [0.05, 0.1) is 23.3 Å². The van der Waals surface area contributed by atoms with Crippen LogP contribution in [0.15, 0.2) is 89.6 Å². The van der Waals surface area contributed by atoms with Crippen molar-refractivity contribution in [2.24, 2.45) is 0 Å². The smallest absolute Gasteiger partial charge is 0.418 e. The van der Waals surface area contributed by atoms with Gasteiger partial charge in [-0.25, -0.2) is 9.40 Å². The minimum Gasteiger partial charge on any atom is -0.418 e. The van der Waals surface area contributed by atoms with Crippen LogP contribution in [0.5, 0.6) is 0 Å². The lowest BCUT2D eigenvalue weighted by molar-refractivity contribution is -0.377. The van der Waals surface area contributed by atoms with Gasteiger partial charge in [-0.05, 0) is 44.2 Å². The maximum atomic E-state index is 9.75. The quantitative estimate of drug-likeness (QED) is 0.153. The molecular formula is C24H21B2F8NO. The van der Waals surface area contributed by atoms with Crippen molar-refractivity contribution in [1.29, 1.82) is 0 Å². The molecule has 12 heteroatoms. The molecule has 0 aliphatic carbocycles. The number of hydrogen-bond donors (Lipinski definition) is 0. The van der Waals surface area contributed by atoms with Gasteiger partial charge in [0.1, 0.15) is 0 Å². The Morgan fingerprint density at radius 3 is 1.28 bits per heavy atom. The first kappa shape index (κ1) is 28.5. The molecule has 0 radical (unpaired) electrons. The molecule has 0 spiro atoms. The van der Waals surface area contributed by atoms with Crippen LogP contribution in [-0.2, 0) is 0 Å². The van der Waals surface area contributed by atoms with E-state index in [-0.39, 0.29) is 0 Å².